The molecule has 0 aromatic heterocycles. The fraction of sp³-hybridized carbons (Fsp3) is 0.500. The second-order valence-corrected chi connectivity index (χ2v) is 5.63. The van der Waals surface area contributed by atoms with Gasteiger partial charge in [0.2, 0.25) is 0 Å². The number of benzene rings is 1. The van der Waals surface area contributed by atoms with Crippen molar-refractivity contribution in [3.63, 3.8) is 0 Å². The molecule has 0 aliphatic rings. The van der Waals surface area contributed by atoms with Crippen molar-refractivity contribution in [3.8, 4) is 0 Å². The van der Waals surface area contributed by atoms with Gasteiger partial charge in [-0.15, -0.1) is 0 Å². The molecule has 0 saturated carbocycles. The average Bonchev–Trinajstić information content (AvgIpc) is 2.18. The van der Waals surface area contributed by atoms with Gasteiger partial charge in [0.05, 0.1) is 0 Å². The summed E-state index contributed by atoms with van der Waals surface area (Å²) in [6.45, 7) is 4.43. The zero-order valence-electron chi connectivity index (χ0n) is 9.46. The van der Waals surface area contributed by atoms with E-state index in [9.17, 15) is 0 Å². The van der Waals surface area contributed by atoms with Crippen LogP contribution >= 0.6 is 27.7 Å². The first-order valence-corrected chi connectivity index (χ1v) is 7.32. The van der Waals surface area contributed by atoms with Crippen molar-refractivity contribution < 1.29 is 0 Å². The van der Waals surface area contributed by atoms with Crippen LogP contribution in [-0.4, -0.2) is 18.1 Å². The second-order valence-electron chi connectivity index (χ2n) is 3.80. The number of thioether (sulfide) groups is 1. The molecule has 2 atom stereocenters. The van der Waals surface area contributed by atoms with Gasteiger partial charge in [-0.1, -0.05) is 28.1 Å². The Hall–Kier alpha value is 0.01000. The number of nitrogens with one attached hydrogen (secondary N) is 1. The van der Waals surface area contributed by atoms with Crippen molar-refractivity contribution in [3.05, 3.63) is 34.3 Å². The fourth-order valence-electron chi connectivity index (χ4n) is 1.60. The van der Waals surface area contributed by atoms with Crippen LogP contribution in [0.15, 0.2) is 28.7 Å². The Kier molecular flexibility index (Phi) is 5.72. The monoisotopic (exact) mass is 287 g/mol. The standard InChI is InChI=1S/C12H18BrNS/c1-9(8-15-3)14-10(2)11-5-4-6-12(13)7-11/h4-7,9-10,14H,8H2,1-3H3. The van der Waals surface area contributed by atoms with Crippen molar-refractivity contribution in [2.75, 3.05) is 12.0 Å². The predicted octanol–water partition coefficient (Wildman–Crippen LogP) is 3.85. The normalized spacial score (nSPS) is 14.9. The van der Waals surface area contributed by atoms with Crippen LogP contribution in [0.5, 0.6) is 0 Å². The first kappa shape index (κ1) is 13.1. The van der Waals surface area contributed by atoms with Gasteiger partial charge in [-0.2, -0.15) is 11.8 Å². The lowest BCUT2D eigenvalue weighted by Crippen LogP contribution is -2.30. The third-order valence-corrected chi connectivity index (χ3v) is 3.63. The van der Waals surface area contributed by atoms with Crippen LogP contribution in [0.25, 0.3) is 0 Å². The van der Waals surface area contributed by atoms with E-state index in [-0.39, 0.29) is 0 Å². The van der Waals surface area contributed by atoms with E-state index in [4.69, 9.17) is 0 Å². The summed E-state index contributed by atoms with van der Waals surface area (Å²) in [6.07, 6.45) is 2.14. The van der Waals surface area contributed by atoms with Crippen molar-refractivity contribution in [1.29, 1.82) is 0 Å². The van der Waals surface area contributed by atoms with Gasteiger partial charge in [0.1, 0.15) is 0 Å². The molecule has 1 aromatic rings. The van der Waals surface area contributed by atoms with Gasteiger partial charge in [0, 0.05) is 22.3 Å². The largest absolute Gasteiger partial charge is 0.307 e. The van der Waals surface area contributed by atoms with Gasteiger partial charge in [-0.05, 0) is 37.8 Å². The van der Waals surface area contributed by atoms with E-state index in [2.05, 4.69) is 65.6 Å². The number of halogens is 1. The summed E-state index contributed by atoms with van der Waals surface area (Å²) in [5.74, 6) is 1.15. The third kappa shape index (κ3) is 4.58. The number of hydrogen-bond donors (Lipinski definition) is 1. The van der Waals surface area contributed by atoms with Crippen molar-refractivity contribution in [2.24, 2.45) is 0 Å². The summed E-state index contributed by atoms with van der Waals surface area (Å²) < 4.78 is 1.14. The Morgan fingerprint density at radius 2 is 2.13 bits per heavy atom. The maximum absolute atomic E-state index is 3.58. The van der Waals surface area contributed by atoms with Crippen LogP contribution in [0.3, 0.4) is 0 Å². The summed E-state index contributed by atoms with van der Waals surface area (Å²) in [5.41, 5.74) is 1.33. The second kappa shape index (κ2) is 6.56. The SMILES string of the molecule is CSCC(C)NC(C)c1cccc(Br)c1. The molecule has 0 amide bonds. The van der Waals surface area contributed by atoms with Crippen LogP contribution in [-0.2, 0) is 0 Å². The molecule has 1 rings (SSSR count). The Labute approximate surface area is 105 Å². The van der Waals surface area contributed by atoms with E-state index in [0.717, 1.165) is 10.2 Å². The zero-order valence-corrected chi connectivity index (χ0v) is 11.9. The summed E-state index contributed by atoms with van der Waals surface area (Å²) in [5, 5.41) is 3.58. The zero-order chi connectivity index (χ0) is 11.3. The van der Waals surface area contributed by atoms with Gasteiger partial charge in [0.15, 0.2) is 0 Å². The minimum Gasteiger partial charge on any atom is -0.307 e. The Balaban J connectivity index is 2.56. The van der Waals surface area contributed by atoms with Crippen molar-refractivity contribution >= 4 is 27.7 Å². The molecule has 84 valence electrons. The van der Waals surface area contributed by atoms with E-state index < -0.39 is 0 Å². The lowest BCUT2D eigenvalue weighted by molar-refractivity contribution is 0.511. The molecule has 0 saturated heterocycles. The average molecular weight is 288 g/mol. The predicted molar refractivity (Wildman–Crippen MR) is 73.5 cm³/mol. The van der Waals surface area contributed by atoms with E-state index in [1.807, 2.05) is 11.8 Å². The molecule has 1 aromatic carbocycles. The maximum Gasteiger partial charge on any atom is 0.0294 e. The summed E-state index contributed by atoms with van der Waals surface area (Å²) in [4.78, 5) is 0. The molecule has 15 heavy (non-hydrogen) atoms. The van der Waals surface area contributed by atoms with E-state index in [1.54, 1.807) is 0 Å². The fourth-order valence-corrected chi connectivity index (χ4v) is 2.61. The smallest absolute Gasteiger partial charge is 0.0294 e. The van der Waals surface area contributed by atoms with Crippen LogP contribution < -0.4 is 5.32 Å². The van der Waals surface area contributed by atoms with Crippen molar-refractivity contribution in [2.45, 2.75) is 25.9 Å². The highest BCUT2D eigenvalue weighted by Gasteiger charge is 2.08. The number of rotatable bonds is 5. The van der Waals surface area contributed by atoms with Gasteiger partial charge >= 0.3 is 0 Å². The molecular formula is C12H18BrNS. The van der Waals surface area contributed by atoms with Crippen LogP contribution in [0.2, 0.25) is 0 Å². The van der Waals surface area contributed by atoms with Crippen molar-refractivity contribution in [1.82, 2.24) is 5.32 Å². The summed E-state index contributed by atoms with van der Waals surface area (Å²) in [7, 11) is 0. The quantitative estimate of drug-likeness (QED) is 0.883. The molecule has 3 heteroatoms. The summed E-state index contributed by atoms with van der Waals surface area (Å²) >= 11 is 5.37. The molecule has 1 nitrogen and oxygen atoms in total. The lowest BCUT2D eigenvalue weighted by Gasteiger charge is -2.19. The maximum atomic E-state index is 3.58. The Morgan fingerprint density at radius 3 is 2.73 bits per heavy atom. The topological polar surface area (TPSA) is 12.0 Å². The minimum atomic E-state index is 0.407. The molecule has 2 unspecified atom stereocenters. The molecule has 0 aliphatic carbocycles. The first-order chi connectivity index (χ1) is 7.13. The molecule has 0 fully saturated rings. The highest BCUT2D eigenvalue weighted by atomic mass is 79.9. The summed E-state index contributed by atoms with van der Waals surface area (Å²) in [6, 6.07) is 9.43. The third-order valence-electron chi connectivity index (χ3n) is 2.30. The molecule has 0 heterocycles. The molecule has 1 N–H and O–H groups in total. The van der Waals surface area contributed by atoms with E-state index in [1.165, 1.54) is 5.56 Å². The molecule has 0 radical (unpaired) electrons. The lowest BCUT2D eigenvalue weighted by atomic mass is 10.1. The van der Waals surface area contributed by atoms with Gasteiger partial charge in [-0.3, -0.25) is 0 Å². The molecule has 0 aliphatic heterocycles. The highest BCUT2D eigenvalue weighted by molar-refractivity contribution is 9.10. The van der Waals surface area contributed by atoms with Gasteiger partial charge < -0.3 is 5.32 Å². The van der Waals surface area contributed by atoms with Gasteiger partial charge in [0.25, 0.3) is 0 Å². The van der Waals surface area contributed by atoms with Gasteiger partial charge in [-0.25, -0.2) is 0 Å². The van der Waals surface area contributed by atoms with E-state index >= 15 is 0 Å². The first-order valence-electron chi connectivity index (χ1n) is 5.14. The number of hydrogen-bond acceptors (Lipinski definition) is 2. The minimum absolute atomic E-state index is 0.407. The molecule has 0 spiro atoms. The van der Waals surface area contributed by atoms with Crippen LogP contribution in [0.1, 0.15) is 25.5 Å². The van der Waals surface area contributed by atoms with Crippen LogP contribution in [0, 0.1) is 0 Å². The Morgan fingerprint density at radius 1 is 1.40 bits per heavy atom. The van der Waals surface area contributed by atoms with Crippen LogP contribution in [0.4, 0.5) is 0 Å². The molecule has 0 bridgehead atoms. The highest BCUT2D eigenvalue weighted by Crippen LogP contribution is 2.18. The Bertz CT molecular complexity index is 303. The van der Waals surface area contributed by atoms with E-state index in [0.29, 0.717) is 12.1 Å². The molecular weight excluding hydrogens is 270 g/mol.